The third-order valence-electron chi connectivity index (χ3n) is 5.90. The normalized spacial score (nSPS) is 21.0. The smallest absolute Gasteiger partial charge is 0.251 e. The van der Waals surface area contributed by atoms with Crippen LogP contribution in [-0.2, 0) is 31.5 Å². The Bertz CT molecular complexity index is 1110. The summed E-state index contributed by atoms with van der Waals surface area (Å²) < 4.78 is 43.8. The van der Waals surface area contributed by atoms with E-state index in [0.717, 1.165) is 23.4 Å². The number of sulfone groups is 1. The van der Waals surface area contributed by atoms with Gasteiger partial charge in [0, 0.05) is 36.5 Å². The molecule has 0 radical (unpaired) electrons. The van der Waals surface area contributed by atoms with Gasteiger partial charge in [0.1, 0.15) is 5.82 Å². The lowest BCUT2D eigenvalue weighted by atomic mass is 9.83. The molecule has 4 rings (SSSR count). The molecule has 0 aromatic heterocycles. The highest BCUT2D eigenvalue weighted by Crippen LogP contribution is 2.50. The van der Waals surface area contributed by atoms with Gasteiger partial charge in [-0.15, -0.1) is 0 Å². The maximum atomic E-state index is 14.4. The molecule has 2 aromatic carbocycles. The second-order valence-electron chi connectivity index (χ2n) is 7.93. The second-order valence-corrected chi connectivity index (χ2v) is 10.4. The molecule has 2 aliphatic rings. The number of amides is 1. The molecular weight excluding hydrogens is 431 g/mol. The number of nitrogens with two attached hydrogens (primary N) is 1. The van der Waals surface area contributed by atoms with Crippen LogP contribution in [0.2, 0.25) is 5.02 Å². The third-order valence-corrected chi connectivity index (χ3v) is 7.25. The van der Waals surface area contributed by atoms with Crippen molar-refractivity contribution in [2.75, 3.05) is 19.3 Å². The molecule has 0 bridgehead atoms. The minimum Gasteiger partial charge on any atom is -0.367 e. The Labute approximate surface area is 179 Å². The summed E-state index contributed by atoms with van der Waals surface area (Å²) in [4.78, 5) is 13.9. The molecule has 160 valence electrons. The number of carbonyl (C=O) groups is 1. The van der Waals surface area contributed by atoms with Gasteiger partial charge in [0.05, 0.1) is 10.5 Å². The predicted octanol–water partition coefficient (Wildman–Crippen LogP) is 2.93. The van der Waals surface area contributed by atoms with Gasteiger partial charge < -0.3 is 10.5 Å². The van der Waals surface area contributed by atoms with Crippen LogP contribution in [0.25, 0.3) is 0 Å². The summed E-state index contributed by atoms with van der Waals surface area (Å²) in [5, 5.41) is 0.567. The monoisotopic (exact) mass is 452 g/mol. The molecule has 0 aliphatic carbocycles. The van der Waals surface area contributed by atoms with E-state index in [0.29, 0.717) is 43.1 Å². The van der Waals surface area contributed by atoms with Crippen molar-refractivity contribution in [3.05, 3.63) is 63.9 Å². The number of nitrogens with zero attached hydrogens (tertiary/aromatic N) is 1. The van der Waals surface area contributed by atoms with Crippen molar-refractivity contribution >= 4 is 27.3 Å². The van der Waals surface area contributed by atoms with Crippen LogP contribution in [0.4, 0.5) is 4.39 Å². The average molecular weight is 453 g/mol. The van der Waals surface area contributed by atoms with E-state index in [4.69, 9.17) is 22.1 Å². The molecule has 0 saturated carbocycles. The summed E-state index contributed by atoms with van der Waals surface area (Å²) in [5.74, 6) is -1.08. The van der Waals surface area contributed by atoms with Gasteiger partial charge >= 0.3 is 0 Å². The molecule has 2 aromatic rings. The van der Waals surface area contributed by atoms with Crippen LogP contribution in [0, 0.1) is 5.82 Å². The van der Waals surface area contributed by atoms with Crippen LogP contribution in [0.15, 0.2) is 41.3 Å². The Kier molecular flexibility index (Phi) is 5.38. The first-order chi connectivity index (χ1) is 14.1. The summed E-state index contributed by atoms with van der Waals surface area (Å²) in [7, 11) is -3.45. The summed E-state index contributed by atoms with van der Waals surface area (Å²) in [6.45, 7) is 1.59. The SMILES string of the molecule is CS(=O)(=O)c1ccc(CN2CCC3(CC2)OC(C(N)=O)c2ccc(Cl)cc23)c(F)c1. The van der Waals surface area contributed by atoms with Crippen molar-refractivity contribution in [2.24, 2.45) is 5.73 Å². The number of halogens is 2. The van der Waals surface area contributed by atoms with Crippen molar-refractivity contribution in [3.63, 3.8) is 0 Å². The Morgan fingerprint density at radius 3 is 2.57 bits per heavy atom. The second kappa shape index (κ2) is 7.60. The molecule has 9 heteroatoms. The van der Waals surface area contributed by atoms with Crippen molar-refractivity contribution in [1.82, 2.24) is 4.90 Å². The first kappa shape index (κ1) is 21.2. The Hall–Kier alpha value is -2.00. The lowest BCUT2D eigenvalue weighted by Crippen LogP contribution is -2.42. The number of likely N-dealkylation sites (tertiary alicyclic amines) is 1. The third kappa shape index (κ3) is 3.85. The number of benzene rings is 2. The molecule has 1 fully saturated rings. The number of rotatable bonds is 4. The van der Waals surface area contributed by atoms with Gasteiger partial charge in [0.2, 0.25) is 0 Å². The van der Waals surface area contributed by atoms with Gasteiger partial charge in [-0.25, -0.2) is 12.8 Å². The van der Waals surface area contributed by atoms with Gasteiger partial charge in [-0.1, -0.05) is 23.7 Å². The number of hydrogen-bond acceptors (Lipinski definition) is 5. The number of carbonyl (C=O) groups excluding carboxylic acids is 1. The summed E-state index contributed by atoms with van der Waals surface area (Å²) >= 11 is 6.18. The largest absolute Gasteiger partial charge is 0.367 e. The lowest BCUT2D eigenvalue weighted by Gasteiger charge is -2.39. The minimum atomic E-state index is -3.45. The van der Waals surface area contributed by atoms with E-state index in [-0.39, 0.29) is 4.90 Å². The van der Waals surface area contributed by atoms with Gasteiger partial charge in [-0.2, -0.15) is 0 Å². The maximum absolute atomic E-state index is 14.4. The fourth-order valence-corrected chi connectivity index (χ4v) is 5.11. The molecule has 1 amide bonds. The summed E-state index contributed by atoms with van der Waals surface area (Å²) in [6.07, 6.45) is 1.46. The Morgan fingerprint density at radius 2 is 1.97 bits per heavy atom. The Morgan fingerprint density at radius 1 is 1.27 bits per heavy atom. The van der Waals surface area contributed by atoms with Gasteiger partial charge in [-0.05, 0) is 48.2 Å². The number of fused-ring (bicyclic) bond motifs is 2. The molecule has 1 saturated heterocycles. The summed E-state index contributed by atoms with van der Waals surface area (Å²) in [5.41, 5.74) is 6.97. The van der Waals surface area contributed by atoms with Crippen LogP contribution >= 0.6 is 11.6 Å². The highest BCUT2D eigenvalue weighted by molar-refractivity contribution is 7.90. The molecular formula is C21H22ClFN2O4S. The van der Waals surface area contributed by atoms with E-state index < -0.39 is 33.3 Å². The first-order valence-corrected chi connectivity index (χ1v) is 11.8. The minimum absolute atomic E-state index is 0.0355. The zero-order valence-corrected chi connectivity index (χ0v) is 18.0. The van der Waals surface area contributed by atoms with E-state index in [1.54, 1.807) is 12.1 Å². The van der Waals surface area contributed by atoms with Crippen molar-refractivity contribution in [2.45, 2.75) is 36.0 Å². The van der Waals surface area contributed by atoms with E-state index in [1.807, 2.05) is 6.07 Å². The topological polar surface area (TPSA) is 89.7 Å². The molecule has 2 heterocycles. The highest BCUT2D eigenvalue weighted by atomic mass is 35.5. The van der Waals surface area contributed by atoms with Crippen LogP contribution in [0.3, 0.4) is 0 Å². The molecule has 1 atom stereocenters. The Balaban J connectivity index is 1.51. The highest BCUT2D eigenvalue weighted by Gasteiger charge is 2.48. The molecule has 1 spiro atoms. The fourth-order valence-electron chi connectivity index (χ4n) is 4.30. The van der Waals surface area contributed by atoms with Crippen LogP contribution in [0.5, 0.6) is 0 Å². The van der Waals surface area contributed by atoms with Crippen molar-refractivity contribution in [1.29, 1.82) is 0 Å². The maximum Gasteiger partial charge on any atom is 0.251 e. The van der Waals surface area contributed by atoms with Crippen LogP contribution < -0.4 is 5.73 Å². The number of ether oxygens (including phenoxy) is 1. The van der Waals surface area contributed by atoms with Gasteiger partial charge in [0.15, 0.2) is 15.9 Å². The van der Waals surface area contributed by atoms with Crippen molar-refractivity contribution in [3.8, 4) is 0 Å². The molecule has 6 nitrogen and oxygen atoms in total. The zero-order valence-electron chi connectivity index (χ0n) is 16.4. The van der Waals surface area contributed by atoms with Gasteiger partial charge in [-0.3, -0.25) is 9.69 Å². The zero-order chi connectivity index (χ0) is 21.7. The van der Waals surface area contributed by atoms with Crippen molar-refractivity contribution < 1.29 is 22.3 Å². The van der Waals surface area contributed by atoms with E-state index in [1.165, 1.54) is 12.1 Å². The molecule has 30 heavy (non-hydrogen) atoms. The molecule has 2 aliphatic heterocycles. The lowest BCUT2D eigenvalue weighted by molar-refractivity contribution is -0.148. The van der Waals surface area contributed by atoms with Gasteiger partial charge in [0.25, 0.3) is 5.91 Å². The van der Waals surface area contributed by atoms with E-state index >= 15 is 0 Å². The molecule has 1 unspecified atom stereocenters. The quantitative estimate of drug-likeness (QED) is 0.770. The first-order valence-electron chi connectivity index (χ1n) is 9.57. The standard InChI is InChI=1S/C21H22ClFN2O4S/c1-30(27,28)15-4-2-13(18(23)11-15)12-25-8-6-21(7-9-25)17-10-14(22)3-5-16(17)19(29-21)20(24)26/h2-5,10-11,19H,6-9,12H2,1H3,(H2,24,26). The van der Waals surface area contributed by atoms with E-state index in [2.05, 4.69) is 4.90 Å². The van der Waals surface area contributed by atoms with Crippen LogP contribution in [-0.4, -0.2) is 38.6 Å². The fraction of sp³-hybridized carbons (Fsp3) is 0.381. The van der Waals surface area contributed by atoms with Crippen LogP contribution in [0.1, 0.15) is 35.6 Å². The van der Waals surface area contributed by atoms with E-state index in [9.17, 15) is 17.6 Å². The summed E-state index contributed by atoms with van der Waals surface area (Å²) in [6, 6.07) is 9.34. The number of primary amides is 1. The average Bonchev–Trinajstić information content (AvgIpc) is 2.98. The predicted molar refractivity (Wildman–Crippen MR) is 110 cm³/mol. The number of hydrogen-bond donors (Lipinski definition) is 1. The number of piperidine rings is 1. The molecule has 2 N–H and O–H groups in total.